The molecule has 0 amide bonds. The zero-order valence-corrected chi connectivity index (χ0v) is 3.74. The van der Waals surface area contributed by atoms with Gasteiger partial charge in [0.1, 0.15) is 0 Å². The van der Waals surface area contributed by atoms with Crippen molar-refractivity contribution in [3.63, 3.8) is 0 Å². The monoisotopic (exact) mass is 128 g/mol. The summed E-state index contributed by atoms with van der Waals surface area (Å²) in [7, 11) is 0. The van der Waals surface area contributed by atoms with Crippen LogP contribution in [-0.2, 0) is 30.6 Å². The number of hydrogen-bond donors (Lipinski definition) is 0. The van der Waals surface area contributed by atoms with Crippen molar-refractivity contribution in [3.8, 4) is 0 Å². The maximum Gasteiger partial charge on any atom is 0 e. The summed E-state index contributed by atoms with van der Waals surface area (Å²) in [6.45, 7) is 0. The minimum Gasteiger partial charge on any atom is -0.813 e. The molecule has 0 aliphatic rings. The Morgan fingerprint density at radius 3 is 0.750 bits per heavy atom. The van der Waals surface area contributed by atoms with Crippen molar-refractivity contribution in [2.24, 2.45) is 0 Å². The number of thiol groups is 1. The summed E-state index contributed by atoms with van der Waals surface area (Å²) in [4.78, 5) is 0. The second kappa shape index (κ2) is 47.3. The topological polar surface area (TPSA) is 67.0 Å². The van der Waals surface area contributed by atoms with Gasteiger partial charge < -0.3 is 25.8 Å². The van der Waals surface area contributed by atoms with Crippen LogP contribution in [0.4, 0.5) is 0 Å². The molecular weight excluding hydrogens is 124 g/mol. The molecule has 0 unspecified atom stereocenters. The van der Waals surface area contributed by atoms with Gasteiger partial charge in [0, 0.05) is 17.1 Å². The van der Waals surface area contributed by atoms with Gasteiger partial charge in [0.25, 0.3) is 0 Å². The van der Waals surface area contributed by atoms with Crippen LogP contribution in [0.25, 0.3) is 12.3 Å². The fourth-order valence-corrected chi connectivity index (χ4v) is 0. The summed E-state index contributed by atoms with van der Waals surface area (Å²) in [5, 5.41) is 0. The third-order valence-electron chi connectivity index (χ3n) is 0. The summed E-state index contributed by atoms with van der Waals surface area (Å²) in [5.41, 5.74) is 0. The smallest absolute Gasteiger partial charge is 0 e. The second-order valence-electron chi connectivity index (χ2n) is 0. The number of nitrogens with two attached hydrogens (primary N) is 2. The molecule has 0 rings (SSSR count). The van der Waals surface area contributed by atoms with Gasteiger partial charge in [-0.2, -0.15) is 0 Å². The third-order valence-corrected chi connectivity index (χ3v) is 0. The van der Waals surface area contributed by atoms with E-state index in [2.05, 4.69) is 0 Å². The minimum absolute atomic E-state index is 0. The molecule has 1 radical (unpaired) electrons. The van der Waals surface area contributed by atoms with Crippen molar-refractivity contribution in [2.45, 2.75) is 0 Å². The van der Waals surface area contributed by atoms with E-state index in [1.165, 1.54) is 0 Å². The molecule has 4 heteroatoms. The summed E-state index contributed by atoms with van der Waals surface area (Å²) in [6.07, 6.45) is 0. The van der Waals surface area contributed by atoms with Gasteiger partial charge >= 0.3 is 0 Å². The first kappa shape index (κ1) is 110. The van der Waals surface area contributed by atoms with Gasteiger partial charge in [0.15, 0.2) is 0 Å². The van der Waals surface area contributed by atoms with Crippen molar-refractivity contribution in [1.29, 1.82) is 0 Å². The molecule has 4 N–H and O–H groups in total. The standard InChI is InChI=1S/Cu.2H2N.H2S/h;3*1H2/q;2*-1;/p-1. The third kappa shape index (κ3) is 14.3. The average Bonchev–Trinajstić information content (AvgIpc) is 0. The van der Waals surface area contributed by atoms with Crippen molar-refractivity contribution in [2.75, 3.05) is 0 Å². The van der Waals surface area contributed by atoms with E-state index in [9.17, 15) is 0 Å². The average molecular weight is 129 g/mol. The van der Waals surface area contributed by atoms with E-state index in [0.717, 1.165) is 0 Å². The molecule has 4 heavy (non-hydrogen) atoms. The van der Waals surface area contributed by atoms with Crippen molar-refractivity contribution >= 4 is 13.5 Å². The van der Waals surface area contributed by atoms with E-state index in [1.54, 1.807) is 0 Å². The van der Waals surface area contributed by atoms with E-state index in [-0.39, 0.29) is 42.9 Å². The van der Waals surface area contributed by atoms with Gasteiger partial charge in [-0.15, -0.1) is 0 Å². The van der Waals surface area contributed by atoms with E-state index < -0.39 is 0 Å². The Hall–Kier alpha value is 0.789. The van der Waals surface area contributed by atoms with Crippen LogP contribution < -0.4 is 0 Å². The minimum atomic E-state index is 0. The van der Waals surface area contributed by atoms with Crippen LogP contribution in [0.5, 0.6) is 0 Å². The first-order valence-electron chi connectivity index (χ1n) is 0. The van der Waals surface area contributed by atoms with Crippen LogP contribution in [0.15, 0.2) is 0 Å². The first-order chi connectivity index (χ1) is 0. The zero-order chi connectivity index (χ0) is 0. The largest absolute Gasteiger partial charge is 0.813 e. The fraction of sp³-hybridized carbons (Fsp3) is 0. The summed E-state index contributed by atoms with van der Waals surface area (Å²) in [6, 6.07) is 0. The van der Waals surface area contributed by atoms with Gasteiger partial charge in [-0.05, 0) is 0 Å². The molecule has 0 saturated heterocycles. The molecule has 2 nitrogen and oxygen atoms in total. The van der Waals surface area contributed by atoms with Gasteiger partial charge in [0.2, 0.25) is 0 Å². The molecule has 0 aromatic heterocycles. The number of hydrogen-bond acceptors (Lipinski definition) is 1. The Bertz CT molecular complexity index is 6.00. The Kier molecular flexibility index (Phi) is 1310. The first-order valence-corrected chi connectivity index (χ1v) is 0. The van der Waals surface area contributed by atoms with Gasteiger partial charge in [-0.1, -0.05) is 0 Å². The molecular formula is H5CuN2S-3. The fourth-order valence-electron chi connectivity index (χ4n) is 0. The van der Waals surface area contributed by atoms with Gasteiger partial charge in [0.05, 0.1) is 0 Å². The van der Waals surface area contributed by atoms with Crippen LogP contribution >= 0.6 is 0 Å². The molecule has 35 valence electrons. The van der Waals surface area contributed by atoms with Crippen LogP contribution in [0.3, 0.4) is 0 Å². The van der Waals surface area contributed by atoms with Crippen molar-refractivity contribution in [1.82, 2.24) is 0 Å². The van der Waals surface area contributed by atoms with Gasteiger partial charge in [-0.3, -0.25) is 0 Å². The molecule has 0 bridgehead atoms. The predicted octanol–water partition coefficient (Wildman–Crippen LogP) is 1.16. The quantitative estimate of drug-likeness (QED) is 0.274. The molecule has 0 heterocycles. The van der Waals surface area contributed by atoms with Crippen LogP contribution in [0.2, 0.25) is 0 Å². The number of rotatable bonds is 0. The SMILES string of the molecule is [Cu].[NH2-].[NH2-].[SH-]. The molecule has 0 atom stereocenters. The van der Waals surface area contributed by atoms with E-state index in [1.807, 2.05) is 0 Å². The summed E-state index contributed by atoms with van der Waals surface area (Å²) in [5.74, 6) is 0. The molecule has 0 aliphatic heterocycles. The Morgan fingerprint density at radius 1 is 0.750 bits per heavy atom. The van der Waals surface area contributed by atoms with Crippen LogP contribution in [-0.4, -0.2) is 0 Å². The van der Waals surface area contributed by atoms with E-state index in [0.29, 0.717) is 0 Å². The maximum atomic E-state index is 0. The van der Waals surface area contributed by atoms with E-state index in [4.69, 9.17) is 0 Å². The molecule has 0 aliphatic carbocycles. The second-order valence-corrected chi connectivity index (χ2v) is 0. The Morgan fingerprint density at radius 2 is 0.750 bits per heavy atom. The van der Waals surface area contributed by atoms with Gasteiger partial charge in [-0.25, -0.2) is 0 Å². The molecule has 0 spiro atoms. The molecule has 0 aromatic rings. The predicted molar refractivity (Wildman–Crippen MR) is 19.3 cm³/mol. The zero-order valence-electron chi connectivity index (χ0n) is 1.90. The summed E-state index contributed by atoms with van der Waals surface area (Å²) < 4.78 is 0. The molecule has 0 saturated carbocycles. The Labute approximate surface area is 43.4 Å². The molecule has 0 fully saturated rings. The summed E-state index contributed by atoms with van der Waals surface area (Å²) >= 11 is 0. The normalized spacial score (nSPS) is 0. The van der Waals surface area contributed by atoms with Crippen LogP contribution in [0.1, 0.15) is 0 Å². The Balaban J connectivity index is 0. The van der Waals surface area contributed by atoms with Crippen LogP contribution in [0, 0.1) is 0 Å². The van der Waals surface area contributed by atoms with Crippen molar-refractivity contribution < 1.29 is 17.1 Å². The maximum absolute atomic E-state index is 0. The van der Waals surface area contributed by atoms with Crippen molar-refractivity contribution in [3.05, 3.63) is 12.3 Å². The molecule has 0 aromatic carbocycles. The van der Waals surface area contributed by atoms with E-state index >= 15 is 0 Å².